The number of anilines is 1. The van der Waals surface area contributed by atoms with Gasteiger partial charge in [-0.3, -0.25) is 4.31 Å². The normalized spacial score (nSPS) is 12.9. The number of rotatable bonds is 9. The first-order valence-electron chi connectivity index (χ1n) is 11.0. The predicted octanol–water partition coefficient (Wildman–Crippen LogP) is 4.65. The molecule has 34 heavy (non-hydrogen) atoms. The van der Waals surface area contributed by atoms with Gasteiger partial charge in [0.05, 0.1) is 17.9 Å². The number of carboxylic acid groups (broad SMARTS) is 1. The largest absolute Gasteiger partial charge is 0.493 e. The molecular weight excluding hydrogens is 458 g/mol. The molecule has 0 atom stereocenters. The zero-order valence-electron chi connectivity index (χ0n) is 19.3. The molecule has 1 N–H and O–H groups in total. The fourth-order valence-electron chi connectivity index (χ4n) is 3.73. The van der Waals surface area contributed by atoms with Crippen LogP contribution in [0.5, 0.6) is 11.5 Å². The number of carboxylic acids is 1. The summed E-state index contributed by atoms with van der Waals surface area (Å²) >= 11 is 0. The van der Waals surface area contributed by atoms with E-state index in [1.165, 1.54) is 22.5 Å². The van der Waals surface area contributed by atoms with Crippen LogP contribution in [-0.2, 0) is 23.1 Å². The first-order chi connectivity index (χ1) is 16.1. The minimum atomic E-state index is -3.99. The second-order valence-electron chi connectivity index (χ2n) is 8.61. The second-order valence-corrected chi connectivity index (χ2v) is 10.4. The van der Waals surface area contributed by atoms with Crippen molar-refractivity contribution in [3.05, 3.63) is 71.0 Å². The van der Waals surface area contributed by atoms with Crippen molar-refractivity contribution in [3.8, 4) is 11.5 Å². The third kappa shape index (κ3) is 4.89. The molecule has 0 radical (unpaired) electrons. The van der Waals surface area contributed by atoms with Crippen molar-refractivity contribution in [1.29, 1.82) is 0 Å². The Balaban J connectivity index is 1.73. The second kappa shape index (κ2) is 9.42. The molecule has 1 aliphatic heterocycles. The van der Waals surface area contributed by atoms with Gasteiger partial charge in [-0.25, -0.2) is 4.79 Å². The molecule has 180 valence electrons. The van der Waals surface area contributed by atoms with Gasteiger partial charge >= 0.3 is 5.97 Å². The molecule has 9 heteroatoms. The zero-order chi connectivity index (χ0) is 24.5. The molecule has 1 aromatic heterocycles. The van der Waals surface area contributed by atoms with Gasteiger partial charge in [-0.05, 0) is 54.3 Å². The summed E-state index contributed by atoms with van der Waals surface area (Å²) in [6.45, 7) is 6.45. The maximum Gasteiger partial charge on any atom is 0.335 e. The van der Waals surface area contributed by atoms with Gasteiger partial charge in [0.2, 0.25) is 5.09 Å². The van der Waals surface area contributed by atoms with Gasteiger partial charge in [-0.1, -0.05) is 26.0 Å². The first-order valence-corrected chi connectivity index (χ1v) is 12.4. The van der Waals surface area contributed by atoms with Gasteiger partial charge in [0.15, 0.2) is 0 Å². The van der Waals surface area contributed by atoms with E-state index in [-0.39, 0.29) is 29.7 Å². The highest BCUT2D eigenvalue weighted by molar-refractivity contribution is 7.92. The third-order valence-corrected chi connectivity index (χ3v) is 7.08. The van der Waals surface area contributed by atoms with E-state index in [9.17, 15) is 13.2 Å². The maximum absolute atomic E-state index is 13.6. The van der Waals surface area contributed by atoms with E-state index < -0.39 is 16.0 Å². The smallest absolute Gasteiger partial charge is 0.335 e. The summed E-state index contributed by atoms with van der Waals surface area (Å²) in [7, 11) is -3.99. The molecule has 4 rings (SSSR count). The summed E-state index contributed by atoms with van der Waals surface area (Å²) in [5.41, 5.74) is 2.25. The van der Waals surface area contributed by atoms with Crippen LogP contribution < -0.4 is 13.8 Å². The Morgan fingerprint density at radius 3 is 2.50 bits per heavy atom. The van der Waals surface area contributed by atoms with E-state index in [0.717, 1.165) is 11.1 Å². The minimum absolute atomic E-state index is 0.0340. The first kappa shape index (κ1) is 23.7. The number of ether oxygens (including phenoxy) is 2. The van der Waals surface area contributed by atoms with Crippen LogP contribution in [-0.4, -0.2) is 32.6 Å². The lowest BCUT2D eigenvalue weighted by atomic mass is 10.1. The Kier molecular flexibility index (Phi) is 6.56. The van der Waals surface area contributed by atoms with Gasteiger partial charge in [0.1, 0.15) is 23.9 Å². The van der Waals surface area contributed by atoms with Gasteiger partial charge < -0.3 is 19.0 Å². The van der Waals surface area contributed by atoms with Crippen LogP contribution >= 0.6 is 0 Å². The van der Waals surface area contributed by atoms with Crippen LogP contribution in [0, 0.1) is 12.8 Å². The SMILES string of the molecule is Cc1ccc(S(=O)(=O)N(CC(C)C)c2cc3c(cc2OCc2ccc(C(=O)O)cc2)OCC3)o1. The van der Waals surface area contributed by atoms with E-state index in [1.807, 2.05) is 13.8 Å². The van der Waals surface area contributed by atoms with E-state index in [0.29, 0.717) is 36.0 Å². The fraction of sp³-hybridized carbons (Fsp3) is 0.320. The summed E-state index contributed by atoms with van der Waals surface area (Å²) < 4.78 is 45.8. The van der Waals surface area contributed by atoms with Crippen molar-refractivity contribution in [2.45, 2.75) is 38.9 Å². The highest BCUT2D eigenvalue weighted by atomic mass is 32.2. The molecule has 1 aliphatic rings. The number of furan rings is 1. The summed E-state index contributed by atoms with van der Waals surface area (Å²) in [6, 6.07) is 12.9. The van der Waals surface area contributed by atoms with E-state index in [1.54, 1.807) is 37.3 Å². The van der Waals surface area contributed by atoms with Gasteiger partial charge in [-0.2, -0.15) is 8.42 Å². The molecule has 0 saturated heterocycles. The van der Waals surface area contributed by atoms with Gasteiger partial charge in [0.25, 0.3) is 10.0 Å². The highest BCUT2D eigenvalue weighted by Crippen LogP contribution is 2.41. The number of hydrogen-bond donors (Lipinski definition) is 1. The quantitative estimate of drug-likeness (QED) is 0.470. The standard InChI is InChI=1S/C25H27NO7S/c1-16(2)14-26(34(29,30)24-9-4-17(3)33-24)21-12-20-10-11-31-22(20)13-23(21)32-15-18-5-7-19(8-6-18)25(27)28/h4-9,12-13,16H,10-11,14-15H2,1-3H3,(H,27,28). The summed E-state index contributed by atoms with van der Waals surface area (Å²) in [5.74, 6) is 0.554. The number of carbonyl (C=O) groups is 1. The Bertz CT molecular complexity index is 1290. The van der Waals surface area contributed by atoms with Gasteiger partial charge in [0, 0.05) is 19.0 Å². The summed E-state index contributed by atoms with van der Waals surface area (Å²) in [4.78, 5) is 11.1. The number of aromatic carboxylic acids is 1. The maximum atomic E-state index is 13.6. The van der Waals surface area contributed by atoms with Crippen LogP contribution in [0.15, 0.2) is 58.0 Å². The molecule has 0 bridgehead atoms. The lowest BCUT2D eigenvalue weighted by Gasteiger charge is -2.27. The predicted molar refractivity (Wildman–Crippen MR) is 126 cm³/mol. The van der Waals surface area contributed by atoms with Crippen LogP contribution in [0.3, 0.4) is 0 Å². The van der Waals surface area contributed by atoms with Gasteiger partial charge in [-0.15, -0.1) is 0 Å². The Labute approximate surface area is 198 Å². The molecular formula is C25H27NO7S. The Morgan fingerprint density at radius 1 is 1.15 bits per heavy atom. The lowest BCUT2D eigenvalue weighted by Crippen LogP contribution is -2.34. The fourth-order valence-corrected chi connectivity index (χ4v) is 5.32. The molecule has 2 aromatic carbocycles. The van der Waals surface area contributed by atoms with Crippen molar-refractivity contribution < 1.29 is 32.2 Å². The number of aryl methyl sites for hydroxylation is 1. The molecule has 0 fully saturated rings. The van der Waals surface area contributed by atoms with Crippen LogP contribution in [0.2, 0.25) is 0 Å². The molecule has 0 saturated carbocycles. The average Bonchev–Trinajstić information content (AvgIpc) is 3.44. The number of fused-ring (bicyclic) bond motifs is 1. The van der Waals surface area contributed by atoms with E-state index in [2.05, 4.69) is 0 Å². The Morgan fingerprint density at radius 2 is 1.88 bits per heavy atom. The van der Waals surface area contributed by atoms with Crippen molar-refractivity contribution in [2.75, 3.05) is 17.5 Å². The number of benzene rings is 2. The van der Waals surface area contributed by atoms with Crippen molar-refractivity contribution >= 4 is 21.7 Å². The topological polar surface area (TPSA) is 106 Å². The summed E-state index contributed by atoms with van der Waals surface area (Å²) in [6.07, 6.45) is 0.675. The Hall–Kier alpha value is -3.46. The zero-order valence-corrected chi connectivity index (χ0v) is 20.1. The number of hydrogen-bond acceptors (Lipinski definition) is 6. The van der Waals surface area contributed by atoms with Crippen molar-refractivity contribution in [3.63, 3.8) is 0 Å². The molecule has 8 nitrogen and oxygen atoms in total. The van der Waals surface area contributed by atoms with Crippen molar-refractivity contribution in [2.24, 2.45) is 5.92 Å². The molecule has 0 aliphatic carbocycles. The highest BCUT2D eigenvalue weighted by Gasteiger charge is 2.32. The molecule has 0 spiro atoms. The average molecular weight is 486 g/mol. The minimum Gasteiger partial charge on any atom is -0.493 e. The summed E-state index contributed by atoms with van der Waals surface area (Å²) in [5, 5.41) is 8.97. The molecule has 0 amide bonds. The van der Waals surface area contributed by atoms with Crippen LogP contribution in [0.25, 0.3) is 0 Å². The number of sulfonamides is 1. The van der Waals surface area contributed by atoms with Crippen LogP contribution in [0.1, 0.15) is 41.1 Å². The van der Waals surface area contributed by atoms with Crippen LogP contribution in [0.4, 0.5) is 5.69 Å². The molecule has 2 heterocycles. The lowest BCUT2D eigenvalue weighted by molar-refractivity contribution is 0.0696. The monoisotopic (exact) mass is 485 g/mol. The molecule has 0 unspecified atom stereocenters. The van der Waals surface area contributed by atoms with E-state index >= 15 is 0 Å². The van der Waals surface area contributed by atoms with Crippen molar-refractivity contribution in [1.82, 2.24) is 0 Å². The molecule has 3 aromatic rings. The van der Waals surface area contributed by atoms with E-state index in [4.69, 9.17) is 19.0 Å². The third-order valence-electron chi connectivity index (χ3n) is 5.43. The number of nitrogens with zero attached hydrogens (tertiary/aromatic N) is 1.